The Hall–Kier alpha value is -6.94. The molecular weight excluding hydrogens is 608 g/mol. The maximum absolute atomic E-state index is 14.1. The normalized spacial score (nSPS) is 11.8. The van der Waals surface area contributed by atoms with Gasteiger partial charge in [-0.2, -0.15) is 0 Å². The van der Waals surface area contributed by atoms with Crippen LogP contribution in [0, 0.1) is 0 Å². The van der Waals surface area contributed by atoms with Crippen molar-refractivity contribution >= 4 is 34.3 Å². The summed E-state index contributed by atoms with van der Waals surface area (Å²) >= 11 is 0. The van der Waals surface area contributed by atoms with E-state index < -0.39 is 11.6 Å². The molecule has 8 N–H and O–H groups in total. The molecule has 1 aliphatic rings. The van der Waals surface area contributed by atoms with E-state index in [4.69, 9.17) is 41.9 Å². The van der Waals surface area contributed by atoms with Crippen molar-refractivity contribution in [3.05, 3.63) is 144 Å². The fraction of sp³-hybridized carbons (Fsp3) is 0. The molecule has 0 bridgehead atoms. The molecule has 0 spiro atoms. The molecule has 10 heteroatoms. The molecular formula is C38H28N4O6. The van der Waals surface area contributed by atoms with Gasteiger partial charge in [-0.15, -0.1) is 0 Å². The van der Waals surface area contributed by atoms with E-state index in [0.717, 1.165) is 0 Å². The standard InChI is InChI=1S/C38H28N4O6/c39-27-19-29(47-25-15-7-13-23(17-25)45-21-9-3-1-4-10-21)35(41)33-31(27)37(43)32-28(40)20-30(36(42)34(32)38(33)44)48-26-16-8-14-24(18-26)46-22-11-5-2-6-12-22/h1-20H,39-42H2. The first-order chi connectivity index (χ1) is 23.3. The number of nitrogen functional groups attached to an aromatic ring is 4. The van der Waals surface area contributed by atoms with Gasteiger partial charge in [-0.25, -0.2) is 0 Å². The number of benzene rings is 6. The van der Waals surface area contributed by atoms with E-state index in [1.165, 1.54) is 12.1 Å². The number of ether oxygens (including phenoxy) is 4. The van der Waals surface area contributed by atoms with Gasteiger partial charge in [-0.05, 0) is 48.5 Å². The molecule has 0 heterocycles. The molecule has 6 aromatic rings. The number of anilines is 4. The predicted molar refractivity (Wildman–Crippen MR) is 183 cm³/mol. The fourth-order valence-electron chi connectivity index (χ4n) is 5.47. The molecule has 0 aromatic heterocycles. The molecule has 0 amide bonds. The second kappa shape index (κ2) is 12.1. The average molecular weight is 637 g/mol. The first-order valence-corrected chi connectivity index (χ1v) is 14.8. The summed E-state index contributed by atoms with van der Waals surface area (Å²) < 4.78 is 24.0. The Labute approximate surface area is 275 Å². The minimum absolute atomic E-state index is 0.0107. The van der Waals surface area contributed by atoms with Crippen molar-refractivity contribution in [3.8, 4) is 46.0 Å². The van der Waals surface area contributed by atoms with E-state index in [9.17, 15) is 9.59 Å². The van der Waals surface area contributed by atoms with Crippen LogP contribution in [0.15, 0.2) is 121 Å². The third kappa shape index (κ3) is 5.54. The van der Waals surface area contributed by atoms with E-state index in [1.807, 2.05) is 60.7 Å². The number of rotatable bonds is 8. The second-order valence-electron chi connectivity index (χ2n) is 10.9. The van der Waals surface area contributed by atoms with Crippen LogP contribution in [-0.2, 0) is 0 Å². The van der Waals surface area contributed by atoms with Crippen LogP contribution in [0.5, 0.6) is 46.0 Å². The van der Waals surface area contributed by atoms with Gasteiger partial charge < -0.3 is 41.9 Å². The highest BCUT2D eigenvalue weighted by Crippen LogP contribution is 2.46. The highest BCUT2D eigenvalue weighted by Gasteiger charge is 2.38. The molecule has 0 radical (unpaired) electrons. The van der Waals surface area contributed by atoms with Crippen LogP contribution in [0.2, 0.25) is 0 Å². The highest BCUT2D eigenvalue weighted by molar-refractivity contribution is 6.35. The Balaban J connectivity index is 1.21. The van der Waals surface area contributed by atoms with E-state index >= 15 is 0 Å². The van der Waals surface area contributed by atoms with Gasteiger partial charge in [-0.1, -0.05) is 48.5 Å². The number of fused-ring (bicyclic) bond motifs is 2. The molecule has 0 saturated heterocycles. The summed E-state index contributed by atoms with van der Waals surface area (Å²) in [4.78, 5) is 28.0. The average Bonchev–Trinajstić information content (AvgIpc) is 3.08. The van der Waals surface area contributed by atoms with Crippen LogP contribution < -0.4 is 41.9 Å². The van der Waals surface area contributed by atoms with Gasteiger partial charge in [-0.3, -0.25) is 9.59 Å². The van der Waals surface area contributed by atoms with Crippen molar-refractivity contribution in [2.45, 2.75) is 0 Å². The Kier molecular flexibility index (Phi) is 7.50. The fourth-order valence-corrected chi connectivity index (χ4v) is 5.47. The lowest BCUT2D eigenvalue weighted by Crippen LogP contribution is -2.26. The highest BCUT2D eigenvalue weighted by atomic mass is 16.5. The molecule has 236 valence electrons. The summed E-state index contributed by atoms with van der Waals surface area (Å²) in [6.45, 7) is 0. The molecule has 0 aliphatic heterocycles. The third-order valence-electron chi connectivity index (χ3n) is 7.65. The van der Waals surface area contributed by atoms with Gasteiger partial charge in [0.2, 0.25) is 0 Å². The second-order valence-corrected chi connectivity index (χ2v) is 10.9. The van der Waals surface area contributed by atoms with Crippen molar-refractivity contribution in [2.75, 3.05) is 22.9 Å². The van der Waals surface area contributed by atoms with Crippen LogP contribution in [0.3, 0.4) is 0 Å². The largest absolute Gasteiger partial charge is 0.457 e. The summed E-state index contributed by atoms with van der Waals surface area (Å²) in [6.07, 6.45) is 0. The van der Waals surface area contributed by atoms with Crippen LogP contribution in [0.1, 0.15) is 31.8 Å². The quantitative estimate of drug-likeness (QED) is 0.120. The number of para-hydroxylation sites is 2. The van der Waals surface area contributed by atoms with E-state index in [2.05, 4.69) is 0 Å². The molecule has 6 aromatic carbocycles. The van der Waals surface area contributed by atoms with Crippen molar-refractivity contribution < 1.29 is 28.5 Å². The third-order valence-corrected chi connectivity index (χ3v) is 7.65. The van der Waals surface area contributed by atoms with E-state index in [1.54, 1.807) is 48.5 Å². The van der Waals surface area contributed by atoms with Gasteiger partial charge in [0.15, 0.2) is 23.1 Å². The molecule has 48 heavy (non-hydrogen) atoms. The van der Waals surface area contributed by atoms with Gasteiger partial charge in [0.05, 0.1) is 33.6 Å². The molecule has 1 aliphatic carbocycles. The van der Waals surface area contributed by atoms with Gasteiger partial charge >= 0.3 is 0 Å². The number of hydrogen-bond donors (Lipinski definition) is 4. The Morgan fingerprint density at radius 1 is 0.354 bits per heavy atom. The minimum atomic E-state index is -0.647. The van der Waals surface area contributed by atoms with E-state index in [0.29, 0.717) is 34.5 Å². The zero-order valence-corrected chi connectivity index (χ0v) is 25.3. The van der Waals surface area contributed by atoms with Crippen molar-refractivity contribution in [2.24, 2.45) is 0 Å². The zero-order chi connectivity index (χ0) is 33.4. The SMILES string of the molecule is Nc1cc(Oc2cccc(Oc3ccccc3)c2)c(N)c2c1C(=O)c1c(N)cc(Oc3cccc(Oc4ccccc4)c3)c(N)c1C2=O. The molecule has 7 rings (SSSR count). The molecule has 0 atom stereocenters. The van der Waals surface area contributed by atoms with Gasteiger partial charge in [0.25, 0.3) is 0 Å². The maximum atomic E-state index is 14.1. The monoisotopic (exact) mass is 636 g/mol. The lowest BCUT2D eigenvalue weighted by Gasteiger charge is -2.25. The summed E-state index contributed by atoms with van der Waals surface area (Å²) in [5, 5.41) is 0. The van der Waals surface area contributed by atoms with Crippen molar-refractivity contribution in [3.63, 3.8) is 0 Å². The molecule has 0 fully saturated rings. The van der Waals surface area contributed by atoms with Gasteiger partial charge in [0.1, 0.15) is 34.5 Å². The first kappa shape index (κ1) is 29.8. The number of carbonyl (C=O) groups excluding carboxylic acids is 2. The Morgan fingerprint density at radius 2 is 0.688 bits per heavy atom. The number of carbonyl (C=O) groups is 2. The summed E-state index contributed by atoms with van der Waals surface area (Å²) in [6, 6.07) is 35.0. The smallest absolute Gasteiger partial charge is 0.199 e. The van der Waals surface area contributed by atoms with Crippen LogP contribution in [-0.4, -0.2) is 11.6 Å². The van der Waals surface area contributed by atoms with Crippen LogP contribution in [0.25, 0.3) is 0 Å². The lowest BCUT2D eigenvalue weighted by molar-refractivity contribution is 0.0981. The lowest BCUT2D eigenvalue weighted by atomic mass is 9.80. The minimum Gasteiger partial charge on any atom is -0.457 e. The van der Waals surface area contributed by atoms with Crippen LogP contribution >= 0.6 is 0 Å². The number of hydrogen-bond acceptors (Lipinski definition) is 10. The predicted octanol–water partition coefficient (Wildman–Crippen LogP) is 7.96. The molecule has 0 unspecified atom stereocenters. The number of nitrogens with two attached hydrogens (primary N) is 4. The summed E-state index contributed by atoms with van der Waals surface area (Å²) in [7, 11) is 0. The zero-order valence-electron chi connectivity index (χ0n) is 25.3. The molecule has 10 nitrogen and oxygen atoms in total. The summed E-state index contributed by atoms with van der Waals surface area (Å²) in [5.41, 5.74) is 25.1. The Bertz CT molecular complexity index is 2070. The maximum Gasteiger partial charge on any atom is 0.199 e. The molecule has 0 saturated carbocycles. The van der Waals surface area contributed by atoms with Crippen LogP contribution in [0.4, 0.5) is 22.7 Å². The van der Waals surface area contributed by atoms with E-state index in [-0.39, 0.29) is 56.5 Å². The van der Waals surface area contributed by atoms with Crippen molar-refractivity contribution in [1.29, 1.82) is 0 Å². The van der Waals surface area contributed by atoms with Crippen molar-refractivity contribution in [1.82, 2.24) is 0 Å². The summed E-state index contributed by atoms with van der Waals surface area (Å²) in [5.74, 6) is 1.93. The number of ketones is 2. The van der Waals surface area contributed by atoms with Gasteiger partial charge in [0, 0.05) is 35.6 Å². The Morgan fingerprint density at radius 3 is 1.08 bits per heavy atom. The first-order valence-electron chi connectivity index (χ1n) is 14.8. The topological polar surface area (TPSA) is 175 Å².